The summed E-state index contributed by atoms with van der Waals surface area (Å²) in [7, 11) is 0. The standard InChI is InChI=1S/C14H20O10/c1-6(15)20-5-10(21-7(2)16)11-12(22-8(3)17)13(14(19)24-11)23-9(4)18/h10-14,19H,5H2,1-4H3/t10-,11-,12-,13-,14+/m1/s1. The third-order valence-corrected chi connectivity index (χ3v) is 2.96. The highest BCUT2D eigenvalue weighted by atomic mass is 16.7. The number of aliphatic hydroxyl groups is 1. The van der Waals surface area contributed by atoms with Crippen molar-refractivity contribution >= 4 is 23.9 Å². The van der Waals surface area contributed by atoms with Crippen LogP contribution in [0.4, 0.5) is 0 Å². The predicted octanol–water partition coefficient (Wildman–Crippen LogP) is -0.938. The van der Waals surface area contributed by atoms with Crippen LogP contribution < -0.4 is 0 Å². The van der Waals surface area contributed by atoms with E-state index in [-0.39, 0.29) is 0 Å². The number of rotatable bonds is 6. The van der Waals surface area contributed by atoms with Crippen LogP contribution in [0.5, 0.6) is 0 Å². The highest BCUT2D eigenvalue weighted by Gasteiger charge is 2.52. The molecule has 10 heteroatoms. The van der Waals surface area contributed by atoms with Crippen molar-refractivity contribution < 1.29 is 48.0 Å². The van der Waals surface area contributed by atoms with Crippen LogP contribution in [0.15, 0.2) is 0 Å². The molecular formula is C14H20O10. The van der Waals surface area contributed by atoms with Gasteiger partial charge in [0.25, 0.3) is 0 Å². The van der Waals surface area contributed by atoms with Crippen LogP contribution in [0.2, 0.25) is 0 Å². The smallest absolute Gasteiger partial charge is 0.303 e. The summed E-state index contributed by atoms with van der Waals surface area (Å²) in [6.07, 6.45) is -6.55. The van der Waals surface area contributed by atoms with Crippen LogP contribution in [0, 0.1) is 0 Å². The summed E-state index contributed by atoms with van der Waals surface area (Å²) in [4.78, 5) is 44.7. The summed E-state index contributed by atoms with van der Waals surface area (Å²) >= 11 is 0. The Morgan fingerprint density at radius 3 is 1.92 bits per heavy atom. The lowest BCUT2D eigenvalue weighted by molar-refractivity contribution is -0.184. The van der Waals surface area contributed by atoms with Crippen molar-refractivity contribution in [3.05, 3.63) is 0 Å². The summed E-state index contributed by atoms with van der Waals surface area (Å²) in [5, 5.41) is 9.91. The molecule has 1 heterocycles. The second-order valence-electron chi connectivity index (χ2n) is 5.09. The first-order valence-electron chi connectivity index (χ1n) is 7.10. The van der Waals surface area contributed by atoms with E-state index in [1.165, 1.54) is 0 Å². The Balaban J connectivity index is 3.03. The molecule has 0 bridgehead atoms. The first-order chi connectivity index (χ1) is 11.1. The number of hydrogen-bond acceptors (Lipinski definition) is 10. The fraction of sp³-hybridized carbons (Fsp3) is 0.714. The van der Waals surface area contributed by atoms with E-state index >= 15 is 0 Å². The van der Waals surface area contributed by atoms with Crippen molar-refractivity contribution in [1.29, 1.82) is 0 Å². The van der Waals surface area contributed by atoms with Gasteiger partial charge in [-0.05, 0) is 0 Å². The quantitative estimate of drug-likeness (QED) is 0.473. The van der Waals surface area contributed by atoms with Gasteiger partial charge < -0.3 is 28.8 Å². The number of carbonyl (C=O) groups excluding carboxylic acids is 4. The van der Waals surface area contributed by atoms with E-state index in [0.29, 0.717) is 0 Å². The van der Waals surface area contributed by atoms with Crippen molar-refractivity contribution in [2.45, 2.75) is 58.4 Å². The molecule has 0 unspecified atom stereocenters. The maximum atomic E-state index is 11.3. The Morgan fingerprint density at radius 2 is 1.46 bits per heavy atom. The van der Waals surface area contributed by atoms with Gasteiger partial charge in [-0.1, -0.05) is 0 Å². The lowest BCUT2D eigenvalue weighted by Crippen LogP contribution is -2.46. The van der Waals surface area contributed by atoms with E-state index in [9.17, 15) is 24.3 Å². The molecule has 0 amide bonds. The third kappa shape index (κ3) is 5.78. The van der Waals surface area contributed by atoms with Crippen molar-refractivity contribution in [2.75, 3.05) is 6.61 Å². The maximum Gasteiger partial charge on any atom is 0.303 e. The molecule has 1 aliphatic heterocycles. The van der Waals surface area contributed by atoms with E-state index < -0.39 is 61.2 Å². The van der Waals surface area contributed by atoms with Crippen LogP contribution in [-0.2, 0) is 42.9 Å². The summed E-state index contributed by atoms with van der Waals surface area (Å²) in [5.41, 5.74) is 0. The number of aliphatic hydroxyl groups excluding tert-OH is 1. The Kier molecular flexibility index (Phi) is 7.11. The maximum absolute atomic E-state index is 11.3. The van der Waals surface area contributed by atoms with Gasteiger partial charge >= 0.3 is 23.9 Å². The number of carbonyl (C=O) groups is 4. The van der Waals surface area contributed by atoms with Gasteiger partial charge in [0.05, 0.1) is 0 Å². The number of esters is 4. The molecule has 1 fully saturated rings. The minimum Gasteiger partial charge on any atom is -0.462 e. The molecule has 1 rings (SSSR count). The zero-order valence-corrected chi connectivity index (χ0v) is 13.7. The summed E-state index contributed by atoms with van der Waals surface area (Å²) in [6, 6.07) is 0. The molecule has 0 aliphatic carbocycles. The normalized spacial score (nSPS) is 27.0. The van der Waals surface area contributed by atoms with Crippen molar-refractivity contribution in [3.63, 3.8) is 0 Å². The highest BCUT2D eigenvalue weighted by Crippen LogP contribution is 2.29. The topological polar surface area (TPSA) is 135 Å². The fourth-order valence-electron chi connectivity index (χ4n) is 2.22. The van der Waals surface area contributed by atoms with Gasteiger partial charge in [-0.2, -0.15) is 0 Å². The van der Waals surface area contributed by atoms with Gasteiger partial charge in [0.1, 0.15) is 12.7 Å². The average Bonchev–Trinajstić information content (AvgIpc) is 2.70. The molecule has 1 aliphatic rings. The molecule has 0 radical (unpaired) electrons. The summed E-state index contributed by atoms with van der Waals surface area (Å²) in [6.45, 7) is 4.10. The summed E-state index contributed by atoms with van der Waals surface area (Å²) < 4.78 is 25.0. The van der Waals surface area contributed by atoms with Gasteiger partial charge in [-0.3, -0.25) is 19.2 Å². The molecule has 0 aromatic carbocycles. The van der Waals surface area contributed by atoms with E-state index in [0.717, 1.165) is 27.7 Å². The molecule has 0 spiro atoms. The Hall–Kier alpha value is -2.20. The van der Waals surface area contributed by atoms with E-state index in [1.807, 2.05) is 0 Å². The minimum atomic E-state index is -1.61. The highest BCUT2D eigenvalue weighted by molar-refractivity contribution is 5.68. The average molecular weight is 348 g/mol. The fourth-order valence-corrected chi connectivity index (χ4v) is 2.22. The molecule has 24 heavy (non-hydrogen) atoms. The Morgan fingerprint density at radius 1 is 0.917 bits per heavy atom. The van der Waals surface area contributed by atoms with Gasteiger partial charge in [0.15, 0.2) is 24.6 Å². The first-order valence-corrected chi connectivity index (χ1v) is 7.10. The van der Waals surface area contributed by atoms with Gasteiger partial charge in [-0.15, -0.1) is 0 Å². The van der Waals surface area contributed by atoms with Gasteiger partial charge in [0, 0.05) is 27.7 Å². The van der Waals surface area contributed by atoms with Crippen molar-refractivity contribution in [3.8, 4) is 0 Å². The van der Waals surface area contributed by atoms with Crippen LogP contribution in [-0.4, -0.2) is 66.3 Å². The molecule has 1 N–H and O–H groups in total. The van der Waals surface area contributed by atoms with Gasteiger partial charge in [-0.25, -0.2) is 0 Å². The zero-order chi connectivity index (χ0) is 18.4. The van der Waals surface area contributed by atoms with Crippen molar-refractivity contribution in [1.82, 2.24) is 0 Å². The molecule has 5 atom stereocenters. The largest absolute Gasteiger partial charge is 0.462 e. The Labute approximate surface area is 137 Å². The summed E-state index contributed by atoms with van der Waals surface area (Å²) in [5.74, 6) is -2.80. The lowest BCUT2D eigenvalue weighted by Gasteiger charge is -2.27. The molecule has 0 aromatic rings. The number of ether oxygens (including phenoxy) is 5. The van der Waals surface area contributed by atoms with Crippen molar-refractivity contribution in [2.24, 2.45) is 0 Å². The minimum absolute atomic E-state index is 0.392. The SMILES string of the molecule is CC(=O)OC[C@@H](OC(C)=O)[C@H]1O[C@H](O)[C@H](OC(C)=O)[C@@H]1OC(C)=O. The molecule has 0 aromatic heterocycles. The molecule has 10 nitrogen and oxygen atoms in total. The lowest BCUT2D eigenvalue weighted by atomic mass is 10.1. The second kappa shape index (κ2) is 8.60. The van der Waals surface area contributed by atoms with Crippen LogP contribution in [0.3, 0.4) is 0 Å². The van der Waals surface area contributed by atoms with Crippen LogP contribution >= 0.6 is 0 Å². The van der Waals surface area contributed by atoms with Crippen LogP contribution in [0.25, 0.3) is 0 Å². The Bertz CT molecular complexity index is 502. The zero-order valence-electron chi connectivity index (χ0n) is 13.7. The van der Waals surface area contributed by atoms with E-state index in [4.69, 9.17) is 23.7 Å². The predicted molar refractivity (Wildman–Crippen MR) is 74.2 cm³/mol. The second-order valence-corrected chi connectivity index (χ2v) is 5.09. The molecule has 1 saturated heterocycles. The number of hydrogen-bond donors (Lipinski definition) is 1. The van der Waals surface area contributed by atoms with Gasteiger partial charge in [0.2, 0.25) is 0 Å². The molecule has 136 valence electrons. The van der Waals surface area contributed by atoms with Crippen LogP contribution in [0.1, 0.15) is 27.7 Å². The molecule has 0 saturated carbocycles. The van der Waals surface area contributed by atoms with E-state index in [2.05, 4.69) is 0 Å². The first kappa shape index (κ1) is 19.8. The molecular weight excluding hydrogens is 328 g/mol. The van der Waals surface area contributed by atoms with E-state index in [1.54, 1.807) is 0 Å². The monoisotopic (exact) mass is 348 g/mol. The third-order valence-electron chi connectivity index (χ3n) is 2.96.